The molecule has 8 heteroatoms. The maximum Gasteiger partial charge on any atom is 0.255 e. The van der Waals surface area contributed by atoms with E-state index in [1.807, 2.05) is 0 Å². The minimum absolute atomic E-state index is 0.123. The number of alkyl halides is 1. The molecule has 1 heterocycles. The monoisotopic (exact) mass is 363 g/mol. The molecular formula is C18H22FN3O4. The van der Waals surface area contributed by atoms with Crippen molar-refractivity contribution in [3.05, 3.63) is 28.8 Å². The van der Waals surface area contributed by atoms with E-state index in [0.717, 1.165) is 5.56 Å². The third-order valence-corrected chi connectivity index (χ3v) is 5.20. The van der Waals surface area contributed by atoms with E-state index < -0.39 is 23.4 Å². The number of aryl methyl sites for hydroxylation is 1. The van der Waals surface area contributed by atoms with Gasteiger partial charge in [0.15, 0.2) is 6.17 Å². The summed E-state index contributed by atoms with van der Waals surface area (Å²) >= 11 is 0. The standard InChI is InChI=1S/C18H22FN3O4/c1-9-6-11(15(20)23)12(25-3)7-10(9)17(21-2)26-8-13-18(4-5-18)14(19)16(24)22-13/h6-7,13-14H,4-5,8H2,1-3H3,(H2,20,23)(H,22,24)/b21-17+/t13-,14+/m1/s1. The third kappa shape index (κ3) is 2.89. The van der Waals surface area contributed by atoms with Crippen LogP contribution in [0.25, 0.3) is 0 Å². The van der Waals surface area contributed by atoms with E-state index in [0.29, 0.717) is 30.1 Å². The summed E-state index contributed by atoms with van der Waals surface area (Å²) < 4.78 is 25.1. The van der Waals surface area contributed by atoms with E-state index in [2.05, 4.69) is 10.3 Å². The molecule has 0 bridgehead atoms. The molecule has 3 N–H and O–H groups in total. The lowest BCUT2D eigenvalue weighted by Crippen LogP contribution is -2.35. The number of hydrogen-bond donors (Lipinski definition) is 2. The van der Waals surface area contributed by atoms with Crippen molar-refractivity contribution in [1.29, 1.82) is 0 Å². The van der Waals surface area contributed by atoms with Gasteiger partial charge in [0.1, 0.15) is 12.4 Å². The summed E-state index contributed by atoms with van der Waals surface area (Å²) in [6.45, 7) is 1.92. The third-order valence-electron chi connectivity index (χ3n) is 5.20. The first-order chi connectivity index (χ1) is 12.3. The molecule has 0 radical (unpaired) electrons. The zero-order chi connectivity index (χ0) is 19.1. The lowest BCUT2D eigenvalue weighted by atomic mass is 9.96. The van der Waals surface area contributed by atoms with Crippen molar-refractivity contribution in [3.63, 3.8) is 0 Å². The second-order valence-electron chi connectivity index (χ2n) is 6.73. The molecule has 2 fully saturated rings. The maximum absolute atomic E-state index is 14.1. The predicted molar refractivity (Wildman–Crippen MR) is 93.2 cm³/mol. The average molecular weight is 363 g/mol. The summed E-state index contributed by atoms with van der Waals surface area (Å²) in [5, 5.41) is 2.67. The lowest BCUT2D eigenvalue weighted by Gasteiger charge is -2.20. The van der Waals surface area contributed by atoms with Gasteiger partial charge in [0, 0.05) is 18.0 Å². The molecule has 0 aromatic heterocycles. The average Bonchev–Trinajstić information content (AvgIpc) is 3.38. The minimum Gasteiger partial charge on any atom is -0.496 e. The van der Waals surface area contributed by atoms with Crippen LogP contribution in [-0.4, -0.2) is 50.7 Å². The molecule has 1 aromatic carbocycles. The van der Waals surface area contributed by atoms with Crippen molar-refractivity contribution >= 4 is 17.7 Å². The van der Waals surface area contributed by atoms with Crippen LogP contribution in [0.5, 0.6) is 5.75 Å². The Morgan fingerprint density at radius 3 is 2.65 bits per heavy atom. The highest BCUT2D eigenvalue weighted by molar-refractivity contribution is 6.00. The number of aliphatic imine (C=N–C) groups is 1. The number of ether oxygens (including phenoxy) is 2. The van der Waals surface area contributed by atoms with E-state index in [4.69, 9.17) is 15.2 Å². The number of methoxy groups -OCH3 is 1. The maximum atomic E-state index is 14.1. The fourth-order valence-electron chi connectivity index (χ4n) is 3.49. The molecule has 1 aromatic rings. The van der Waals surface area contributed by atoms with E-state index in [9.17, 15) is 14.0 Å². The van der Waals surface area contributed by atoms with E-state index >= 15 is 0 Å². The topological polar surface area (TPSA) is 103 Å². The van der Waals surface area contributed by atoms with Crippen molar-refractivity contribution in [1.82, 2.24) is 5.32 Å². The van der Waals surface area contributed by atoms with Crippen LogP contribution in [0.15, 0.2) is 17.1 Å². The van der Waals surface area contributed by atoms with Crippen molar-refractivity contribution in [2.45, 2.75) is 32.0 Å². The van der Waals surface area contributed by atoms with Crippen LogP contribution in [0.3, 0.4) is 0 Å². The first-order valence-electron chi connectivity index (χ1n) is 8.37. The van der Waals surface area contributed by atoms with Crippen LogP contribution in [0.2, 0.25) is 0 Å². The van der Waals surface area contributed by atoms with Gasteiger partial charge >= 0.3 is 0 Å². The summed E-state index contributed by atoms with van der Waals surface area (Å²) in [5.41, 5.74) is 6.37. The number of benzene rings is 1. The molecule has 1 aliphatic carbocycles. The Kier molecular flexibility index (Phi) is 4.60. The largest absolute Gasteiger partial charge is 0.496 e. The Bertz CT molecular complexity index is 789. The highest BCUT2D eigenvalue weighted by Gasteiger charge is 2.63. The van der Waals surface area contributed by atoms with Crippen molar-refractivity contribution < 1.29 is 23.5 Å². The Morgan fingerprint density at radius 1 is 1.42 bits per heavy atom. The normalized spacial score (nSPS) is 23.7. The molecule has 26 heavy (non-hydrogen) atoms. The molecule has 0 unspecified atom stereocenters. The van der Waals surface area contributed by atoms with Gasteiger partial charge in [-0.25, -0.2) is 4.39 Å². The van der Waals surface area contributed by atoms with Crippen molar-refractivity contribution in [2.75, 3.05) is 20.8 Å². The molecule has 1 spiro atoms. The molecular weight excluding hydrogens is 341 g/mol. The van der Waals surface area contributed by atoms with Crippen LogP contribution in [0.4, 0.5) is 4.39 Å². The van der Waals surface area contributed by atoms with Gasteiger partial charge in [0.25, 0.3) is 11.8 Å². The smallest absolute Gasteiger partial charge is 0.255 e. The van der Waals surface area contributed by atoms with E-state index in [1.54, 1.807) is 26.1 Å². The van der Waals surface area contributed by atoms with Gasteiger partial charge in [-0.3, -0.25) is 14.6 Å². The molecule has 2 atom stereocenters. The van der Waals surface area contributed by atoms with Crippen LogP contribution in [0, 0.1) is 12.3 Å². The van der Waals surface area contributed by atoms with E-state index in [1.165, 1.54) is 7.11 Å². The number of amides is 2. The number of primary amides is 1. The lowest BCUT2D eigenvalue weighted by molar-refractivity contribution is -0.124. The molecule has 2 aliphatic rings. The molecule has 140 valence electrons. The quantitative estimate of drug-likeness (QED) is 0.604. The Hall–Kier alpha value is -2.64. The number of carbonyl (C=O) groups is 2. The summed E-state index contributed by atoms with van der Waals surface area (Å²) in [6.07, 6.45) is -0.144. The Morgan fingerprint density at radius 2 is 2.12 bits per heavy atom. The predicted octanol–water partition coefficient (Wildman–Crippen LogP) is 1.11. The van der Waals surface area contributed by atoms with E-state index in [-0.39, 0.29) is 18.2 Å². The van der Waals surface area contributed by atoms with Gasteiger partial charge in [0.2, 0.25) is 5.90 Å². The number of carbonyl (C=O) groups excluding carboxylic acids is 2. The fourth-order valence-corrected chi connectivity index (χ4v) is 3.49. The molecule has 2 amide bonds. The summed E-state index contributed by atoms with van der Waals surface area (Å²) in [4.78, 5) is 27.3. The van der Waals surface area contributed by atoms with Crippen molar-refractivity contribution in [3.8, 4) is 5.75 Å². The fraction of sp³-hybridized carbons (Fsp3) is 0.500. The molecule has 1 saturated heterocycles. The summed E-state index contributed by atoms with van der Waals surface area (Å²) in [7, 11) is 3.01. The number of nitrogens with zero attached hydrogens (tertiary/aromatic N) is 1. The molecule has 7 nitrogen and oxygen atoms in total. The molecule has 3 rings (SSSR count). The number of nitrogens with one attached hydrogen (secondary N) is 1. The number of rotatable bonds is 5. The first-order valence-corrected chi connectivity index (χ1v) is 8.37. The highest BCUT2D eigenvalue weighted by atomic mass is 19.1. The summed E-state index contributed by atoms with van der Waals surface area (Å²) in [6, 6.07) is 2.87. The van der Waals surface area contributed by atoms with Crippen LogP contribution < -0.4 is 15.8 Å². The zero-order valence-corrected chi connectivity index (χ0v) is 15.0. The minimum atomic E-state index is -1.48. The van der Waals surface area contributed by atoms with Gasteiger partial charge in [-0.2, -0.15) is 0 Å². The van der Waals surface area contributed by atoms with Gasteiger partial charge < -0.3 is 20.5 Å². The SMILES string of the molecule is C/N=C(/OC[C@H]1NC(=O)[C@H](F)C12CC2)c1cc(OC)c(C(N)=O)cc1C. The number of nitrogens with two attached hydrogens (primary N) is 1. The van der Waals surface area contributed by atoms with Crippen LogP contribution in [-0.2, 0) is 9.53 Å². The number of halogens is 1. The van der Waals surface area contributed by atoms with Crippen LogP contribution >= 0.6 is 0 Å². The van der Waals surface area contributed by atoms with Gasteiger partial charge in [-0.1, -0.05) is 0 Å². The van der Waals surface area contributed by atoms with Gasteiger partial charge in [-0.05, 0) is 37.5 Å². The second kappa shape index (κ2) is 6.59. The summed E-state index contributed by atoms with van der Waals surface area (Å²) in [5.74, 6) is -0.524. The molecule has 1 aliphatic heterocycles. The van der Waals surface area contributed by atoms with Crippen LogP contribution in [0.1, 0.15) is 34.3 Å². The highest BCUT2D eigenvalue weighted by Crippen LogP contribution is 2.55. The van der Waals surface area contributed by atoms with Gasteiger partial charge in [-0.15, -0.1) is 0 Å². The first kappa shape index (κ1) is 18.2. The van der Waals surface area contributed by atoms with Gasteiger partial charge in [0.05, 0.1) is 18.7 Å². The molecule has 1 saturated carbocycles. The zero-order valence-electron chi connectivity index (χ0n) is 15.0. The Balaban J connectivity index is 1.80. The number of hydrogen-bond acceptors (Lipinski definition) is 5. The second-order valence-corrected chi connectivity index (χ2v) is 6.73. The Labute approximate surface area is 150 Å². The van der Waals surface area contributed by atoms with Crippen molar-refractivity contribution in [2.24, 2.45) is 16.1 Å².